The van der Waals surface area contributed by atoms with Crippen LogP contribution in [-0.2, 0) is 32.9 Å². The minimum absolute atomic E-state index is 0. The summed E-state index contributed by atoms with van der Waals surface area (Å²) in [6.45, 7) is 13.7. The summed E-state index contributed by atoms with van der Waals surface area (Å²) in [6.07, 6.45) is 6.73. The molecule has 0 unspecified atom stereocenters. The summed E-state index contributed by atoms with van der Waals surface area (Å²) in [7, 11) is 0. The van der Waals surface area contributed by atoms with Gasteiger partial charge in [0.2, 0.25) is 0 Å². The molecule has 0 aliphatic carbocycles. The van der Waals surface area contributed by atoms with Crippen molar-refractivity contribution in [1.82, 2.24) is 19.1 Å². The van der Waals surface area contributed by atoms with Crippen molar-refractivity contribution in [3.63, 3.8) is 0 Å². The standard InChI is InChI=1S/C41H39N5O.Pt/c1-27(2)19-30-11-10-12-32(20-30)44-26-45(29(4)28(44)3)33-22-35(25-42-24-33)47-34-15-16-37-36-13-8-9-14-38(36)46(39(37)23-34)40-21-31(17-18-43-40)41(5,6)7;/h8-18,20-21,24-25,27H,19H2,1-7H3;/q-2;/i19D2,27D;. The first-order valence-corrected chi connectivity index (χ1v) is 15.8. The van der Waals surface area contributed by atoms with Crippen LogP contribution in [0.2, 0.25) is 0 Å². The van der Waals surface area contributed by atoms with Crippen LogP contribution in [0, 0.1) is 38.2 Å². The number of hydrogen-bond acceptors (Lipinski definition) is 3. The summed E-state index contributed by atoms with van der Waals surface area (Å²) < 4.78 is 37.8. The topological polar surface area (TPSA) is 48.8 Å². The van der Waals surface area contributed by atoms with Gasteiger partial charge < -0.3 is 18.9 Å². The van der Waals surface area contributed by atoms with Crippen LogP contribution in [-0.4, -0.2) is 19.1 Å². The monoisotopic (exact) mass is 815 g/mol. The molecule has 7 rings (SSSR count). The van der Waals surface area contributed by atoms with E-state index in [9.17, 15) is 0 Å². The fraction of sp³-hybridized carbons (Fsp3) is 0.244. The first kappa shape index (κ1) is 29.6. The third-order valence-corrected chi connectivity index (χ3v) is 8.39. The smallest absolute Gasteiger partial charge is 0.267 e. The maximum absolute atomic E-state index is 8.61. The van der Waals surface area contributed by atoms with Crippen LogP contribution in [0.1, 0.15) is 61.2 Å². The minimum atomic E-state index is -1.85. The summed E-state index contributed by atoms with van der Waals surface area (Å²) in [5, 5.41) is 2.16. The Labute approximate surface area is 301 Å². The second kappa shape index (κ2) is 13.2. The van der Waals surface area contributed by atoms with E-state index in [0.29, 0.717) is 22.7 Å². The second-order valence-electron chi connectivity index (χ2n) is 13.1. The van der Waals surface area contributed by atoms with Gasteiger partial charge in [-0.25, -0.2) is 4.98 Å². The summed E-state index contributed by atoms with van der Waals surface area (Å²) in [5.74, 6) is 0.448. The Bertz CT molecular complexity index is 2400. The van der Waals surface area contributed by atoms with Crippen LogP contribution in [0.5, 0.6) is 11.5 Å². The van der Waals surface area contributed by atoms with Crippen molar-refractivity contribution in [2.24, 2.45) is 5.89 Å². The first-order chi connectivity index (χ1) is 23.6. The third kappa shape index (κ3) is 6.34. The number of benzene rings is 3. The molecule has 7 aromatic rings. The van der Waals surface area contributed by atoms with E-state index in [0.717, 1.165) is 44.7 Å². The Morgan fingerprint density at radius 2 is 1.75 bits per heavy atom. The number of rotatable bonds is 7. The fourth-order valence-electron chi connectivity index (χ4n) is 5.90. The number of nitrogens with zero attached hydrogens (tertiary/aromatic N) is 5. The molecule has 6 nitrogen and oxygen atoms in total. The van der Waals surface area contributed by atoms with E-state index >= 15 is 0 Å². The summed E-state index contributed by atoms with van der Waals surface area (Å²) in [5.41, 5.74) is 6.71. The van der Waals surface area contributed by atoms with E-state index in [-0.39, 0.29) is 26.5 Å². The Morgan fingerprint density at radius 3 is 2.54 bits per heavy atom. The average Bonchev–Trinajstić information content (AvgIpc) is 3.57. The van der Waals surface area contributed by atoms with E-state index in [1.54, 1.807) is 38.4 Å². The van der Waals surface area contributed by atoms with Crippen molar-refractivity contribution < 1.29 is 34.5 Å². The molecule has 4 aromatic heterocycles. The second-order valence-corrected chi connectivity index (χ2v) is 13.1. The van der Waals surface area contributed by atoms with Crippen LogP contribution in [0.25, 0.3) is 39.0 Å². The van der Waals surface area contributed by atoms with Gasteiger partial charge in [-0.1, -0.05) is 82.2 Å². The van der Waals surface area contributed by atoms with E-state index < -0.39 is 12.3 Å². The molecular formula is C41H39N5OPt-2. The number of ether oxygens (including phenoxy) is 1. The van der Waals surface area contributed by atoms with Gasteiger partial charge in [-0.2, -0.15) is 6.07 Å². The minimum Gasteiger partial charge on any atom is -0.508 e. The van der Waals surface area contributed by atoms with Crippen LogP contribution < -0.4 is 9.30 Å². The molecule has 4 heterocycles. The Hall–Kier alpha value is -4.54. The Kier molecular flexibility index (Phi) is 8.11. The quantitative estimate of drug-likeness (QED) is 0.119. The zero-order valence-corrected chi connectivity index (χ0v) is 30.4. The van der Waals surface area contributed by atoms with Crippen LogP contribution in [0.3, 0.4) is 0 Å². The van der Waals surface area contributed by atoms with Gasteiger partial charge in [-0.3, -0.25) is 4.57 Å². The number of pyridine rings is 2. The van der Waals surface area contributed by atoms with Crippen LogP contribution in [0.4, 0.5) is 0 Å². The SMILES string of the molecule is [2H]C(C)(C)C([2H])([2H])c1cccc(-[n+]2[c-]n(-c3[c-]c(Oc4[c-]c5c(cc4)c4ccccc4n5-c4cc(C(C)(C)C)ccn4)cnc3)c(C)c2C)c1.[Pt]. The molecule has 0 spiro atoms. The molecule has 0 amide bonds. The van der Waals surface area contributed by atoms with E-state index in [2.05, 4.69) is 79.1 Å². The molecule has 0 saturated heterocycles. The van der Waals surface area contributed by atoms with Crippen molar-refractivity contribution in [2.45, 2.75) is 60.3 Å². The number of fused-ring (bicyclic) bond motifs is 3. The summed E-state index contributed by atoms with van der Waals surface area (Å²) in [6, 6.07) is 30.6. The van der Waals surface area contributed by atoms with Crippen molar-refractivity contribution in [2.75, 3.05) is 0 Å². The zero-order chi connectivity index (χ0) is 35.6. The Morgan fingerprint density at radius 1 is 0.938 bits per heavy atom. The summed E-state index contributed by atoms with van der Waals surface area (Å²) >= 11 is 0. The van der Waals surface area contributed by atoms with Gasteiger partial charge in [-0.15, -0.1) is 23.6 Å². The molecule has 48 heavy (non-hydrogen) atoms. The van der Waals surface area contributed by atoms with Crippen molar-refractivity contribution in [1.29, 1.82) is 0 Å². The predicted molar refractivity (Wildman–Crippen MR) is 187 cm³/mol. The number of imidazole rings is 1. The van der Waals surface area contributed by atoms with Gasteiger partial charge in [0, 0.05) is 54.1 Å². The molecule has 0 saturated carbocycles. The predicted octanol–water partition coefficient (Wildman–Crippen LogP) is 8.94. The molecular weight excluding hydrogens is 774 g/mol. The maximum Gasteiger partial charge on any atom is 0.267 e. The van der Waals surface area contributed by atoms with Gasteiger partial charge in [0.15, 0.2) is 0 Å². The van der Waals surface area contributed by atoms with Gasteiger partial charge in [0.1, 0.15) is 5.82 Å². The number of aromatic nitrogens is 5. The molecule has 0 aliphatic heterocycles. The largest absolute Gasteiger partial charge is 0.508 e. The normalized spacial score (nSPS) is 13.2. The molecule has 3 aromatic carbocycles. The van der Waals surface area contributed by atoms with Gasteiger partial charge >= 0.3 is 0 Å². The Balaban J connectivity index is 0.00000448. The molecule has 0 bridgehead atoms. The average molecular weight is 816 g/mol. The molecule has 246 valence electrons. The molecule has 0 radical (unpaired) electrons. The van der Waals surface area contributed by atoms with Crippen molar-refractivity contribution >= 4 is 21.8 Å². The van der Waals surface area contributed by atoms with Gasteiger partial charge in [-0.05, 0) is 84.7 Å². The van der Waals surface area contributed by atoms with Crippen molar-refractivity contribution in [3.05, 3.63) is 132 Å². The molecule has 0 N–H and O–H groups in total. The van der Waals surface area contributed by atoms with Gasteiger partial charge in [0.25, 0.3) is 6.33 Å². The van der Waals surface area contributed by atoms with Crippen LogP contribution in [0.15, 0.2) is 91.4 Å². The molecule has 0 fully saturated rings. The maximum atomic E-state index is 8.61. The van der Waals surface area contributed by atoms with Crippen LogP contribution >= 0.6 is 0 Å². The van der Waals surface area contributed by atoms with E-state index in [4.69, 9.17) is 13.8 Å². The van der Waals surface area contributed by atoms with Gasteiger partial charge in [0.05, 0.1) is 11.4 Å². The van der Waals surface area contributed by atoms with E-state index in [1.807, 2.05) is 59.5 Å². The number of para-hydroxylation sites is 1. The zero-order valence-electron chi connectivity index (χ0n) is 31.1. The molecule has 0 atom stereocenters. The molecule has 0 aliphatic rings. The third-order valence-electron chi connectivity index (χ3n) is 8.39. The fourth-order valence-corrected chi connectivity index (χ4v) is 5.90. The first-order valence-electron chi connectivity index (χ1n) is 17.3. The summed E-state index contributed by atoms with van der Waals surface area (Å²) in [4.78, 5) is 9.24. The van der Waals surface area contributed by atoms with Crippen molar-refractivity contribution in [3.8, 4) is 28.7 Å². The number of hydrogen-bond donors (Lipinski definition) is 0. The molecule has 7 heteroatoms. The van der Waals surface area contributed by atoms with E-state index in [1.165, 1.54) is 5.56 Å².